The smallest absolute Gasteiger partial charge is 0.326 e. The van der Waals surface area contributed by atoms with Crippen LogP contribution >= 0.6 is 0 Å². The number of carbonyl (C=O) groups is 2. The number of hydrogen-bond acceptors (Lipinski definition) is 3. The van der Waals surface area contributed by atoms with Crippen LogP contribution in [0, 0.1) is 0 Å². The van der Waals surface area contributed by atoms with Crippen LogP contribution in [0.25, 0.3) is 0 Å². The molecule has 0 aromatic heterocycles. The topological polar surface area (TPSA) is 60.9 Å². The van der Waals surface area contributed by atoms with E-state index in [4.69, 9.17) is 5.11 Å². The van der Waals surface area contributed by atoms with Crippen molar-refractivity contribution < 1.29 is 14.7 Å². The SMILES string of the molecule is CN1CCC[C@@H]1C(=O)N1CCC[C@H]1C(=O)O. The van der Waals surface area contributed by atoms with Crippen LogP contribution in [-0.2, 0) is 9.59 Å². The van der Waals surface area contributed by atoms with Gasteiger partial charge >= 0.3 is 5.97 Å². The fraction of sp³-hybridized carbons (Fsp3) is 0.818. The molecule has 2 rings (SSSR count). The lowest BCUT2D eigenvalue weighted by Crippen LogP contribution is -2.48. The van der Waals surface area contributed by atoms with Gasteiger partial charge in [-0.1, -0.05) is 0 Å². The zero-order valence-corrected chi connectivity index (χ0v) is 9.56. The number of rotatable bonds is 2. The second kappa shape index (κ2) is 4.41. The summed E-state index contributed by atoms with van der Waals surface area (Å²) in [4.78, 5) is 26.8. The molecule has 0 aliphatic carbocycles. The molecule has 0 spiro atoms. The monoisotopic (exact) mass is 226 g/mol. The van der Waals surface area contributed by atoms with Gasteiger partial charge in [-0.3, -0.25) is 9.69 Å². The fourth-order valence-corrected chi connectivity index (χ4v) is 2.70. The predicted octanol–water partition coefficient (Wildman–Crippen LogP) is 0.156. The van der Waals surface area contributed by atoms with Gasteiger partial charge in [0.2, 0.25) is 5.91 Å². The van der Waals surface area contributed by atoms with Gasteiger partial charge in [0.1, 0.15) is 6.04 Å². The van der Waals surface area contributed by atoms with Gasteiger partial charge in [0, 0.05) is 6.54 Å². The first-order valence-corrected chi connectivity index (χ1v) is 5.85. The lowest BCUT2D eigenvalue weighted by atomic mass is 10.1. The maximum absolute atomic E-state index is 12.2. The number of carboxylic acid groups (broad SMARTS) is 1. The molecule has 2 aliphatic rings. The standard InChI is InChI=1S/C11H18N2O3/c1-12-6-2-4-8(12)10(14)13-7-3-5-9(13)11(15)16/h8-9H,2-7H2,1H3,(H,15,16)/t8-,9+/m1/s1. The maximum Gasteiger partial charge on any atom is 0.326 e. The Morgan fingerprint density at radius 1 is 1.12 bits per heavy atom. The number of carboxylic acids is 1. The van der Waals surface area contributed by atoms with E-state index in [0.717, 1.165) is 25.8 Å². The van der Waals surface area contributed by atoms with E-state index in [1.807, 2.05) is 11.9 Å². The highest BCUT2D eigenvalue weighted by atomic mass is 16.4. The fourth-order valence-electron chi connectivity index (χ4n) is 2.70. The van der Waals surface area contributed by atoms with Crippen LogP contribution in [0.1, 0.15) is 25.7 Å². The van der Waals surface area contributed by atoms with Crippen molar-refractivity contribution in [3.63, 3.8) is 0 Å². The van der Waals surface area contributed by atoms with E-state index >= 15 is 0 Å². The van der Waals surface area contributed by atoms with Gasteiger partial charge in [0.05, 0.1) is 6.04 Å². The minimum Gasteiger partial charge on any atom is -0.480 e. The molecule has 16 heavy (non-hydrogen) atoms. The first-order chi connectivity index (χ1) is 7.61. The van der Waals surface area contributed by atoms with Crippen molar-refractivity contribution >= 4 is 11.9 Å². The first-order valence-electron chi connectivity index (χ1n) is 5.85. The second-order valence-electron chi connectivity index (χ2n) is 4.67. The van der Waals surface area contributed by atoms with Crippen LogP contribution in [-0.4, -0.2) is 59.0 Å². The molecule has 0 saturated carbocycles. The number of hydrogen-bond donors (Lipinski definition) is 1. The Balaban J connectivity index is 2.06. The van der Waals surface area contributed by atoms with E-state index in [2.05, 4.69) is 0 Å². The minimum absolute atomic E-state index is 0.00454. The van der Waals surface area contributed by atoms with Gasteiger partial charge in [-0.15, -0.1) is 0 Å². The highest BCUT2D eigenvalue weighted by molar-refractivity contribution is 5.87. The molecular formula is C11H18N2O3. The molecule has 2 fully saturated rings. The van der Waals surface area contributed by atoms with Gasteiger partial charge in [0.15, 0.2) is 0 Å². The molecule has 0 bridgehead atoms. The summed E-state index contributed by atoms with van der Waals surface area (Å²) in [6.07, 6.45) is 3.29. The normalized spacial score (nSPS) is 30.9. The van der Waals surface area contributed by atoms with Gasteiger partial charge in [-0.05, 0) is 39.3 Å². The van der Waals surface area contributed by atoms with Crippen molar-refractivity contribution in [3.05, 3.63) is 0 Å². The summed E-state index contributed by atoms with van der Waals surface area (Å²) in [5, 5.41) is 9.03. The molecule has 0 radical (unpaired) electrons. The summed E-state index contributed by atoms with van der Waals surface area (Å²) in [5.74, 6) is -0.864. The molecule has 0 aromatic rings. The molecule has 0 aromatic carbocycles. The number of likely N-dealkylation sites (tertiary alicyclic amines) is 2. The summed E-state index contributed by atoms with van der Waals surface area (Å²) in [7, 11) is 1.93. The second-order valence-corrected chi connectivity index (χ2v) is 4.67. The lowest BCUT2D eigenvalue weighted by molar-refractivity contribution is -0.149. The van der Waals surface area contributed by atoms with Gasteiger partial charge in [0.25, 0.3) is 0 Å². The van der Waals surface area contributed by atoms with E-state index in [1.54, 1.807) is 4.90 Å². The Morgan fingerprint density at radius 2 is 1.75 bits per heavy atom. The summed E-state index contributed by atoms with van der Waals surface area (Å²) in [6, 6.07) is -0.693. The van der Waals surface area contributed by atoms with Crippen LogP contribution in [0.15, 0.2) is 0 Å². The van der Waals surface area contributed by atoms with Crippen LogP contribution in [0.3, 0.4) is 0 Å². The Labute approximate surface area is 95.0 Å². The summed E-state index contributed by atoms with van der Waals surface area (Å²) < 4.78 is 0. The Bertz CT molecular complexity index is 306. The molecule has 2 aliphatic heterocycles. The van der Waals surface area contributed by atoms with Crippen molar-refractivity contribution in [1.82, 2.24) is 9.80 Å². The average molecular weight is 226 g/mol. The summed E-state index contributed by atoms with van der Waals surface area (Å²) in [5.41, 5.74) is 0. The molecule has 1 N–H and O–H groups in total. The number of aliphatic carboxylic acids is 1. The largest absolute Gasteiger partial charge is 0.480 e. The molecule has 90 valence electrons. The molecule has 5 nitrogen and oxygen atoms in total. The van der Waals surface area contributed by atoms with Crippen LogP contribution in [0.2, 0.25) is 0 Å². The molecular weight excluding hydrogens is 208 g/mol. The van der Waals surface area contributed by atoms with Crippen LogP contribution < -0.4 is 0 Å². The van der Waals surface area contributed by atoms with Crippen molar-refractivity contribution in [2.24, 2.45) is 0 Å². The average Bonchev–Trinajstić information content (AvgIpc) is 2.84. The number of likely N-dealkylation sites (N-methyl/N-ethyl adjacent to an activating group) is 1. The highest BCUT2D eigenvalue weighted by Crippen LogP contribution is 2.23. The van der Waals surface area contributed by atoms with E-state index in [0.29, 0.717) is 13.0 Å². The molecule has 2 atom stereocenters. The van der Waals surface area contributed by atoms with Crippen molar-refractivity contribution in [3.8, 4) is 0 Å². The third-order valence-electron chi connectivity index (χ3n) is 3.63. The quantitative estimate of drug-likeness (QED) is 0.728. The van der Waals surface area contributed by atoms with Crippen molar-refractivity contribution in [1.29, 1.82) is 0 Å². The van der Waals surface area contributed by atoms with Crippen LogP contribution in [0.5, 0.6) is 0 Å². The number of amides is 1. The molecule has 2 saturated heterocycles. The van der Waals surface area contributed by atoms with Gasteiger partial charge in [-0.25, -0.2) is 4.79 Å². The van der Waals surface area contributed by atoms with E-state index in [-0.39, 0.29) is 11.9 Å². The van der Waals surface area contributed by atoms with E-state index < -0.39 is 12.0 Å². The third-order valence-corrected chi connectivity index (χ3v) is 3.63. The van der Waals surface area contributed by atoms with Crippen molar-refractivity contribution in [2.75, 3.05) is 20.1 Å². The first kappa shape index (κ1) is 11.4. The third kappa shape index (κ3) is 1.91. The minimum atomic E-state index is -0.869. The summed E-state index contributed by atoms with van der Waals surface area (Å²) >= 11 is 0. The highest BCUT2D eigenvalue weighted by Gasteiger charge is 2.39. The zero-order chi connectivity index (χ0) is 11.7. The Kier molecular flexibility index (Phi) is 3.14. The van der Waals surface area contributed by atoms with Crippen molar-refractivity contribution in [2.45, 2.75) is 37.8 Å². The molecule has 5 heteroatoms. The number of nitrogens with zero attached hydrogens (tertiary/aromatic N) is 2. The Hall–Kier alpha value is -1.10. The van der Waals surface area contributed by atoms with Gasteiger partial charge < -0.3 is 10.0 Å². The molecule has 0 unspecified atom stereocenters. The maximum atomic E-state index is 12.2. The van der Waals surface area contributed by atoms with Crippen LogP contribution in [0.4, 0.5) is 0 Å². The lowest BCUT2D eigenvalue weighted by Gasteiger charge is -2.27. The zero-order valence-electron chi connectivity index (χ0n) is 9.56. The van der Waals surface area contributed by atoms with E-state index in [1.165, 1.54) is 0 Å². The summed E-state index contributed by atoms with van der Waals surface area (Å²) in [6.45, 7) is 1.53. The number of carbonyl (C=O) groups excluding carboxylic acids is 1. The molecule has 1 amide bonds. The predicted molar refractivity (Wildman–Crippen MR) is 58.0 cm³/mol. The van der Waals surface area contributed by atoms with E-state index in [9.17, 15) is 9.59 Å². The molecule has 2 heterocycles. The van der Waals surface area contributed by atoms with Gasteiger partial charge in [-0.2, -0.15) is 0 Å². The Morgan fingerprint density at radius 3 is 2.31 bits per heavy atom.